The first-order valence-corrected chi connectivity index (χ1v) is 25.5. The molecule has 1 aromatic carbocycles. The van der Waals surface area contributed by atoms with Gasteiger partial charge >= 0.3 is 11.9 Å². The van der Waals surface area contributed by atoms with Gasteiger partial charge in [0, 0.05) is 0 Å². The second-order valence-corrected chi connectivity index (χ2v) is 20.2. The standard InChI is InChI=1S/C54H98O5/c1-9-11-13-15-17-19-21-23-25-27-29-31-33-35-37-39-41-58-51(56)47(43-46-44-48(53(3,4)5)50(55)49(45-46)54(6,7)8)52(57)59-42-40-38-36-34-32-30-28-26-24-22-20-18-16-14-12-10-2/h44-45,47,55H,9-43H2,1-8H3. The van der Waals surface area contributed by atoms with Crippen molar-refractivity contribution in [1.82, 2.24) is 0 Å². The minimum absolute atomic E-state index is 0.196. The fraction of sp³-hybridized carbons (Fsp3) is 0.852. The number of aromatic hydroxyl groups is 1. The number of unbranched alkanes of at least 4 members (excludes halogenated alkanes) is 30. The molecule has 344 valence electrons. The molecule has 0 amide bonds. The first-order chi connectivity index (χ1) is 28.3. The summed E-state index contributed by atoms with van der Waals surface area (Å²) in [5.74, 6) is -1.72. The van der Waals surface area contributed by atoms with Gasteiger partial charge in [0.15, 0.2) is 5.92 Å². The van der Waals surface area contributed by atoms with Crippen molar-refractivity contribution < 1.29 is 24.2 Å². The Labute approximate surface area is 366 Å². The molecule has 0 spiro atoms. The number of hydrogen-bond donors (Lipinski definition) is 1. The zero-order valence-corrected chi connectivity index (χ0v) is 40.6. The molecule has 0 bridgehead atoms. The van der Waals surface area contributed by atoms with Crippen LogP contribution in [0.4, 0.5) is 0 Å². The molecule has 0 heterocycles. The molecule has 0 radical (unpaired) electrons. The Morgan fingerprint density at radius 3 is 0.915 bits per heavy atom. The van der Waals surface area contributed by atoms with Gasteiger partial charge in [-0.15, -0.1) is 0 Å². The van der Waals surface area contributed by atoms with Crippen LogP contribution in [-0.4, -0.2) is 30.3 Å². The lowest BCUT2D eigenvalue weighted by atomic mass is 9.77. The Hall–Kier alpha value is -2.04. The van der Waals surface area contributed by atoms with E-state index in [0.717, 1.165) is 55.2 Å². The molecule has 5 heteroatoms. The van der Waals surface area contributed by atoms with Crippen LogP contribution in [0.25, 0.3) is 0 Å². The predicted molar refractivity (Wildman–Crippen MR) is 254 cm³/mol. The second kappa shape index (κ2) is 34.5. The molecule has 0 aromatic heterocycles. The van der Waals surface area contributed by atoms with Gasteiger partial charge < -0.3 is 14.6 Å². The van der Waals surface area contributed by atoms with Crippen LogP contribution in [-0.2, 0) is 36.3 Å². The molecular weight excluding hydrogens is 729 g/mol. The summed E-state index contributed by atoms with van der Waals surface area (Å²) in [6.45, 7) is 17.7. The lowest BCUT2D eigenvalue weighted by Gasteiger charge is -2.28. The molecule has 0 aliphatic heterocycles. The summed E-state index contributed by atoms with van der Waals surface area (Å²) in [6.07, 6.45) is 41.5. The Morgan fingerprint density at radius 1 is 0.441 bits per heavy atom. The summed E-state index contributed by atoms with van der Waals surface area (Å²) >= 11 is 0. The van der Waals surface area contributed by atoms with Crippen LogP contribution in [0.15, 0.2) is 12.1 Å². The number of hydrogen-bond acceptors (Lipinski definition) is 5. The summed E-state index contributed by atoms with van der Waals surface area (Å²) in [6, 6.07) is 3.92. The van der Waals surface area contributed by atoms with Crippen molar-refractivity contribution in [2.75, 3.05) is 13.2 Å². The quantitative estimate of drug-likeness (QED) is 0.0408. The molecule has 0 aliphatic rings. The van der Waals surface area contributed by atoms with Crippen molar-refractivity contribution in [1.29, 1.82) is 0 Å². The van der Waals surface area contributed by atoms with E-state index in [0.29, 0.717) is 19.0 Å². The Bertz CT molecular complexity index is 1090. The number of phenolic OH excluding ortho intramolecular Hbond substituents is 1. The van der Waals surface area contributed by atoms with Gasteiger partial charge in [-0.2, -0.15) is 0 Å². The maximum Gasteiger partial charge on any atom is 0.320 e. The van der Waals surface area contributed by atoms with Gasteiger partial charge in [-0.3, -0.25) is 9.59 Å². The van der Waals surface area contributed by atoms with Crippen LogP contribution in [0, 0.1) is 5.92 Å². The van der Waals surface area contributed by atoms with Crippen molar-refractivity contribution in [3.8, 4) is 5.75 Å². The second-order valence-electron chi connectivity index (χ2n) is 20.2. The number of ether oxygens (including phenoxy) is 2. The average molecular weight is 827 g/mol. The van der Waals surface area contributed by atoms with E-state index in [1.165, 1.54) is 167 Å². The molecule has 0 unspecified atom stereocenters. The largest absolute Gasteiger partial charge is 0.507 e. The van der Waals surface area contributed by atoms with Gasteiger partial charge in [0.05, 0.1) is 13.2 Å². The van der Waals surface area contributed by atoms with Crippen molar-refractivity contribution in [3.63, 3.8) is 0 Å². The zero-order valence-electron chi connectivity index (χ0n) is 40.6. The van der Waals surface area contributed by atoms with Crippen LogP contribution in [0.1, 0.15) is 278 Å². The van der Waals surface area contributed by atoms with E-state index in [9.17, 15) is 14.7 Å². The lowest BCUT2D eigenvalue weighted by Crippen LogP contribution is -2.31. The number of carbonyl (C=O) groups is 2. The minimum atomic E-state index is -1.03. The molecule has 1 rings (SSSR count). The minimum Gasteiger partial charge on any atom is -0.507 e. The highest BCUT2D eigenvalue weighted by Gasteiger charge is 2.33. The van der Waals surface area contributed by atoms with E-state index in [1.54, 1.807) is 0 Å². The third-order valence-electron chi connectivity index (χ3n) is 12.3. The highest BCUT2D eigenvalue weighted by atomic mass is 16.6. The van der Waals surface area contributed by atoms with Crippen molar-refractivity contribution >= 4 is 11.9 Å². The molecular formula is C54H98O5. The Kier molecular flexibility index (Phi) is 32.2. The number of esters is 2. The molecule has 0 saturated carbocycles. The molecule has 1 aromatic rings. The van der Waals surface area contributed by atoms with Crippen LogP contribution >= 0.6 is 0 Å². The molecule has 0 atom stereocenters. The average Bonchev–Trinajstić information content (AvgIpc) is 3.18. The van der Waals surface area contributed by atoms with Gasteiger partial charge in [0.2, 0.25) is 0 Å². The summed E-state index contributed by atoms with van der Waals surface area (Å²) < 4.78 is 11.6. The summed E-state index contributed by atoms with van der Waals surface area (Å²) in [5, 5.41) is 11.3. The normalized spacial score (nSPS) is 12.1. The van der Waals surface area contributed by atoms with Crippen LogP contribution < -0.4 is 0 Å². The third-order valence-corrected chi connectivity index (χ3v) is 12.3. The first-order valence-electron chi connectivity index (χ1n) is 25.5. The smallest absolute Gasteiger partial charge is 0.320 e. The van der Waals surface area contributed by atoms with Crippen molar-refractivity contribution in [3.05, 3.63) is 28.8 Å². The molecule has 0 aliphatic carbocycles. The molecule has 1 N–H and O–H groups in total. The van der Waals surface area contributed by atoms with Crippen molar-refractivity contribution in [2.45, 2.75) is 278 Å². The number of benzene rings is 1. The number of rotatable bonds is 38. The van der Waals surface area contributed by atoms with Gasteiger partial charge in [-0.1, -0.05) is 260 Å². The van der Waals surface area contributed by atoms with E-state index in [4.69, 9.17) is 9.47 Å². The predicted octanol–water partition coefficient (Wildman–Crippen LogP) is 16.8. The van der Waals surface area contributed by atoms with Gasteiger partial charge in [-0.25, -0.2) is 0 Å². The Balaban J connectivity index is 2.53. The van der Waals surface area contributed by atoms with Gasteiger partial charge in [0.1, 0.15) is 5.75 Å². The van der Waals surface area contributed by atoms with Crippen LogP contribution in [0.5, 0.6) is 5.75 Å². The summed E-state index contributed by atoms with van der Waals surface area (Å²) in [4.78, 5) is 27.2. The van der Waals surface area contributed by atoms with Crippen LogP contribution in [0.3, 0.4) is 0 Å². The van der Waals surface area contributed by atoms with E-state index < -0.39 is 17.9 Å². The Morgan fingerprint density at radius 2 is 0.678 bits per heavy atom. The summed E-state index contributed by atoms with van der Waals surface area (Å²) in [7, 11) is 0. The SMILES string of the molecule is CCCCCCCCCCCCCCCCCCOC(=O)C(Cc1cc(C(C)(C)C)c(O)c(C(C)(C)C)c1)C(=O)OCCCCCCCCCCCCCCCCCC. The van der Waals surface area contributed by atoms with E-state index in [-0.39, 0.29) is 17.3 Å². The highest BCUT2D eigenvalue weighted by Crippen LogP contribution is 2.40. The molecule has 0 saturated heterocycles. The van der Waals surface area contributed by atoms with Crippen molar-refractivity contribution in [2.24, 2.45) is 5.92 Å². The molecule has 59 heavy (non-hydrogen) atoms. The van der Waals surface area contributed by atoms with Gasteiger partial charge in [0.25, 0.3) is 0 Å². The third kappa shape index (κ3) is 28.2. The topological polar surface area (TPSA) is 72.8 Å². The van der Waals surface area contributed by atoms with E-state index >= 15 is 0 Å². The first kappa shape index (κ1) is 55.0. The molecule has 5 nitrogen and oxygen atoms in total. The number of phenols is 1. The van der Waals surface area contributed by atoms with Crippen LogP contribution in [0.2, 0.25) is 0 Å². The monoisotopic (exact) mass is 827 g/mol. The maximum atomic E-state index is 13.6. The molecule has 0 fully saturated rings. The zero-order chi connectivity index (χ0) is 43.6. The fourth-order valence-corrected chi connectivity index (χ4v) is 8.30. The summed E-state index contributed by atoms with van der Waals surface area (Å²) in [5.41, 5.74) is 1.87. The maximum absolute atomic E-state index is 13.6. The highest BCUT2D eigenvalue weighted by molar-refractivity contribution is 5.95. The van der Waals surface area contributed by atoms with E-state index in [2.05, 4.69) is 55.4 Å². The number of carbonyl (C=O) groups excluding carboxylic acids is 2. The van der Waals surface area contributed by atoms with E-state index in [1.807, 2.05) is 12.1 Å². The fourth-order valence-electron chi connectivity index (χ4n) is 8.30. The van der Waals surface area contributed by atoms with Gasteiger partial charge in [-0.05, 0) is 46.8 Å². The lowest BCUT2D eigenvalue weighted by molar-refractivity contribution is -0.162.